The fourth-order valence-electron chi connectivity index (χ4n) is 1.63. The van der Waals surface area contributed by atoms with Gasteiger partial charge in [-0.05, 0) is 44.8 Å². The first-order valence-electron chi connectivity index (χ1n) is 4.84. The van der Waals surface area contributed by atoms with E-state index >= 15 is 0 Å². The van der Waals surface area contributed by atoms with Crippen LogP contribution in [0.2, 0.25) is 0 Å². The molecule has 1 saturated carbocycles. The third-order valence-electron chi connectivity index (χ3n) is 3.01. The molecule has 0 aromatic rings. The van der Waals surface area contributed by atoms with Gasteiger partial charge in [0.15, 0.2) is 5.11 Å². The Morgan fingerprint density at radius 1 is 1.42 bits per heavy atom. The van der Waals surface area contributed by atoms with E-state index in [1.54, 1.807) is 0 Å². The van der Waals surface area contributed by atoms with Crippen LogP contribution in [-0.2, 0) is 0 Å². The smallest absolute Gasteiger partial charge is 0.169 e. The van der Waals surface area contributed by atoms with Crippen molar-refractivity contribution < 1.29 is 0 Å². The number of hydrogen-bond acceptors (Lipinski definition) is 1. The molecule has 0 bridgehead atoms. The zero-order valence-corrected chi connectivity index (χ0v) is 8.36. The summed E-state index contributed by atoms with van der Waals surface area (Å²) in [7, 11) is 0. The van der Waals surface area contributed by atoms with Crippen molar-refractivity contribution in [3.63, 3.8) is 0 Å². The number of rotatable bonds is 1. The van der Waals surface area contributed by atoms with Gasteiger partial charge in [0.1, 0.15) is 0 Å². The molecular weight excluding hydrogens is 168 g/mol. The molecule has 0 aromatic heterocycles. The fourth-order valence-corrected chi connectivity index (χ4v) is 2.07. The first kappa shape index (κ1) is 8.30. The molecule has 1 unspecified atom stereocenters. The summed E-state index contributed by atoms with van der Waals surface area (Å²) in [6.45, 7) is 3.39. The summed E-state index contributed by atoms with van der Waals surface area (Å²) in [6.07, 6.45) is 5.28. The van der Waals surface area contributed by atoms with Crippen molar-refractivity contribution >= 4 is 17.3 Å². The van der Waals surface area contributed by atoms with Crippen molar-refractivity contribution in [2.45, 2.75) is 44.7 Å². The lowest BCUT2D eigenvalue weighted by Crippen LogP contribution is -2.56. The molecule has 1 aliphatic carbocycles. The Bertz CT molecular complexity index is 189. The van der Waals surface area contributed by atoms with Crippen LogP contribution in [0.1, 0.15) is 32.6 Å². The second-order valence-electron chi connectivity index (χ2n) is 3.91. The quantitative estimate of drug-likeness (QED) is 0.622. The summed E-state index contributed by atoms with van der Waals surface area (Å²) in [5.74, 6) is 0. The number of nitrogens with one attached hydrogen (secondary N) is 1. The Morgan fingerprint density at radius 2 is 2.17 bits per heavy atom. The Balaban J connectivity index is 1.75. The van der Waals surface area contributed by atoms with Crippen LogP contribution in [0.3, 0.4) is 0 Å². The van der Waals surface area contributed by atoms with Crippen LogP contribution in [0.15, 0.2) is 0 Å². The van der Waals surface area contributed by atoms with E-state index in [1.165, 1.54) is 25.7 Å². The van der Waals surface area contributed by atoms with E-state index < -0.39 is 0 Å². The zero-order chi connectivity index (χ0) is 8.55. The van der Waals surface area contributed by atoms with Gasteiger partial charge in [-0.2, -0.15) is 0 Å². The summed E-state index contributed by atoms with van der Waals surface area (Å²) in [5, 5.41) is 4.39. The van der Waals surface area contributed by atoms with Crippen LogP contribution in [-0.4, -0.2) is 28.6 Å². The molecule has 1 saturated heterocycles. The summed E-state index contributed by atoms with van der Waals surface area (Å²) in [5.41, 5.74) is 0. The van der Waals surface area contributed by atoms with E-state index in [0.29, 0.717) is 12.1 Å². The minimum Gasteiger partial charge on any atom is -0.360 e. The minimum absolute atomic E-state index is 0.671. The molecule has 1 N–H and O–H groups in total. The summed E-state index contributed by atoms with van der Waals surface area (Å²) in [6, 6.07) is 1.36. The van der Waals surface area contributed by atoms with Gasteiger partial charge >= 0.3 is 0 Å². The normalized spacial score (nSPS) is 29.1. The highest BCUT2D eigenvalue weighted by molar-refractivity contribution is 7.80. The topological polar surface area (TPSA) is 15.3 Å². The van der Waals surface area contributed by atoms with Gasteiger partial charge in [0.2, 0.25) is 0 Å². The number of thiocarbonyl (C=S) groups is 1. The molecule has 0 amide bonds. The molecule has 0 spiro atoms. The standard InChI is InChI=1S/C9H16N2S/c1-7-5-6-11(7)9(12)10-8-3-2-4-8/h7-8H,2-6H2,1H3,(H,10,12). The van der Waals surface area contributed by atoms with E-state index in [1.807, 2.05) is 0 Å². The van der Waals surface area contributed by atoms with Gasteiger partial charge in [-0.15, -0.1) is 0 Å². The number of hydrogen-bond donors (Lipinski definition) is 1. The predicted octanol–water partition coefficient (Wildman–Crippen LogP) is 1.51. The van der Waals surface area contributed by atoms with E-state index in [2.05, 4.69) is 17.1 Å². The first-order chi connectivity index (χ1) is 5.77. The van der Waals surface area contributed by atoms with E-state index in [4.69, 9.17) is 12.2 Å². The van der Waals surface area contributed by atoms with Crippen LogP contribution < -0.4 is 5.32 Å². The van der Waals surface area contributed by atoms with E-state index in [0.717, 1.165) is 11.7 Å². The summed E-state index contributed by atoms with van der Waals surface area (Å²) < 4.78 is 0. The molecule has 1 heterocycles. The molecule has 3 heteroatoms. The molecule has 2 fully saturated rings. The highest BCUT2D eigenvalue weighted by Gasteiger charge is 2.28. The van der Waals surface area contributed by atoms with Crippen molar-refractivity contribution in [3.05, 3.63) is 0 Å². The molecule has 1 aliphatic heterocycles. The lowest BCUT2D eigenvalue weighted by Gasteiger charge is -2.42. The molecule has 2 aliphatic rings. The maximum absolute atomic E-state index is 5.30. The van der Waals surface area contributed by atoms with Crippen LogP contribution in [0, 0.1) is 0 Å². The largest absolute Gasteiger partial charge is 0.360 e. The maximum atomic E-state index is 5.30. The van der Waals surface area contributed by atoms with Gasteiger partial charge in [-0.25, -0.2) is 0 Å². The molecule has 2 nitrogen and oxygen atoms in total. The zero-order valence-electron chi connectivity index (χ0n) is 7.55. The van der Waals surface area contributed by atoms with Crippen LogP contribution in [0.25, 0.3) is 0 Å². The predicted molar refractivity (Wildman–Crippen MR) is 54.2 cm³/mol. The van der Waals surface area contributed by atoms with Gasteiger partial charge in [0, 0.05) is 18.6 Å². The molecule has 12 heavy (non-hydrogen) atoms. The van der Waals surface area contributed by atoms with Crippen LogP contribution in [0.5, 0.6) is 0 Å². The SMILES string of the molecule is CC1CCN1C(=S)NC1CCC1. The Labute approximate surface area is 79.3 Å². The second kappa shape index (κ2) is 3.21. The second-order valence-corrected chi connectivity index (χ2v) is 4.30. The molecular formula is C9H16N2S. The van der Waals surface area contributed by atoms with E-state index in [9.17, 15) is 0 Å². The maximum Gasteiger partial charge on any atom is 0.169 e. The van der Waals surface area contributed by atoms with Gasteiger partial charge in [0.25, 0.3) is 0 Å². The van der Waals surface area contributed by atoms with Crippen molar-refractivity contribution in [3.8, 4) is 0 Å². The summed E-state index contributed by atoms with van der Waals surface area (Å²) >= 11 is 5.30. The highest BCUT2D eigenvalue weighted by atomic mass is 32.1. The van der Waals surface area contributed by atoms with Crippen molar-refractivity contribution in [1.29, 1.82) is 0 Å². The molecule has 2 rings (SSSR count). The molecule has 68 valence electrons. The van der Waals surface area contributed by atoms with Crippen molar-refractivity contribution in [1.82, 2.24) is 10.2 Å². The third-order valence-corrected chi connectivity index (χ3v) is 3.37. The average Bonchev–Trinajstić information content (AvgIpc) is 1.94. The third kappa shape index (κ3) is 1.42. The highest BCUT2D eigenvalue weighted by Crippen LogP contribution is 2.21. The average molecular weight is 184 g/mol. The lowest BCUT2D eigenvalue weighted by molar-refractivity contribution is 0.195. The van der Waals surface area contributed by atoms with Crippen LogP contribution >= 0.6 is 12.2 Å². The van der Waals surface area contributed by atoms with Gasteiger partial charge in [-0.3, -0.25) is 0 Å². The summed E-state index contributed by atoms with van der Waals surface area (Å²) in [4.78, 5) is 2.29. The minimum atomic E-state index is 0.671. The van der Waals surface area contributed by atoms with Gasteiger partial charge in [0.05, 0.1) is 0 Å². The molecule has 0 aromatic carbocycles. The monoisotopic (exact) mass is 184 g/mol. The number of nitrogens with zero attached hydrogens (tertiary/aromatic N) is 1. The lowest BCUT2D eigenvalue weighted by atomic mass is 9.93. The van der Waals surface area contributed by atoms with Crippen LogP contribution in [0.4, 0.5) is 0 Å². The van der Waals surface area contributed by atoms with Crippen molar-refractivity contribution in [2.24, 2.45) is 0 Å². The first-order valence-corrected chi connectivity index (χ1v) is 5.25. The van der Waals surface area contributed by atoms with Gasteiger partial charge < -0.3 is 10.2 Å². The number of likely N-dealkylation sites (tertiary alicyclic amines) is 1. The molecule has 0 radical (unpaired) electrons. The molecule has 1 atom stereocenters. The Kier molecular flexibility index (Phi) is 2.22. The van der Waals surface area contributed by atoms with E-state index in [-0.39, 0.29) is 0 Å². The van der Waals surface area contributed by atoms with Gasteiger partial charge in [-0.1, -0.05) is 0 Å². The Morgan fingerprint density at radius 3 is 2.50 bits per heavy atom. The fraction of sp³-hybridized carbons (Fsp3) is 0.889. The Hall–Kier alpha value is -0.310. The van der Waals surface area contributed by atoms with Crippen molar-refractivity contribution in [2.75, 3.05) is 6.54 Å².